The van der Waals surface area contributed by atoms with Crippen molar-refractivity contribution in [3.05, 3.63) is 44.8 Å². The van der Waals surface area contributed by atoms with Gasteiger partial charge in [-0.05, 0) is 34.5 Å². The number of hydrogen-bond donors (Lipinski definition) is 0. The second kappa shape index (κ2) is 6.72. The highest BCUT2D eigenvalue weighted by molar-refractivity contribution is 9.10. The summed E-state index contributed by atoms with van der Waals surface area (Å²) in [4.78, 5) is 4.52. The van der Waals surface area contributed by atoms with Gasteiger partial charge in [-0.15, -0.1) is 21.5 Å². The van der Waals surface area contributed by atoms with Gasteiger partial charge in [0, 0.05) is 15.6 Å². The van der Waals surface area contributed by atoms with Gasteiger partial charge in [0.25, 0.3) is 5.22 Å². The molecule has 0 aliphatic heterocycles. The van der Waals surface area contributed by atoms with Gasteiger partial charge in [0.05, 0.1) is 16.3 Å². The quantitative estimate of drug-likeness (QED) is 0.593. The smallest absolute Gasteiger partial charge is 0.277 e. The van der Waals surface area contributed by atoms with Crippen molar-refractivity contribution in [2.75, 3.05) is 0 Å². The lowest BCUT2D eigenvalue weighted by molar-refractivity contribution is 0.465. The van der Waals surface area contributed by atoms with Crippen molar-refractivity contribution in [3.8, 4) is 11.5 Å². The molecule has 0 radical (unpaired) electrons. The zero-order valence-electron chi connectivity index (χ0n) is 11.2. The standard InChI is InChI=1S/C14H12BrN3OS2/c1-2-12-16-9(7-20-12)8-21-14-18-17-13(19-14)10-5-3-4-6-11(10)15/h3-7H,2,8H2,1H3. The summed E-state index contributed by atoms with van der Waals surface area (Å²) in [6.07, 6.45) is 0.974. The number of thiazole rings is 1. The molecule has 0 unspecified atom stereocenters. The summed E-state index contributed by atoms with van der Waals surface area (Å²) in [6.45, 7) is 2.11. The summed E-state index contributed by atoms with van der Waals surface area (Å²) in [5.74, 6) is 1.27. The third-order valence-electron chi connectivity index (χ3n) is 2.76. The van der Waals surface area contributed by atoms with Gasteiger partial charge < -0.3 is 4.42 Å². The van der Waals surface area contributed by atoms with E-state index in [0.717, 1.165) is 32.9 Å². The normalized spacial score (nSPS) is 11.0. The number of aryl methyl sites for hydroxylation is 1. The molecule has 0 spiro atoms. The SMILES string of the molecule is CCc1nc(CSc2nnc(-c3ccccc3Br)o2)cs1. The molecule has 0 fully saturated rings. The van der Waals surface area contributed by atoms with Crippen molar-refractivity contribution < 1.29 is 4.42 Å². The lowest BCUT2D eigenvalue weighted by Crippen LogP contribution is -1.83. The van der Waals surface area contributed by atoms with Crippen molar-refractivity contribution in [1.29, 1.82) is 0 Å². The molecule has 0 aliphatic carbocycles. The van der Waals surface area contributed by atoms with Crippen LogP contribution in [0.4, 0.5) is 0 Å². The van der Waals surface area contributed by atoms with E-state index in [1.807, 2.05) is 24.3 Å². The summed E-state index contributed by atoms with van der Waals surface area (Å²) in [5.41, 5.74) is 1.96. The minimum Gasteiger partial charge on any atom is -0.411 e. The van der Waals surface area contributed by atoms with Gasteiger partial charge in [-0.25, -0.2) is 4.98 Å². The lowest BCUT2D eigenvalue weighted by Gasteiger charge is -1.97. The maximum absolute atomic E-state index is 5.69. The fourth-order valence-electron chi connectivity index (χ4n) is 1.72. The topological polar surface area (TPSA) is 51.8 Å². The van der Waals surface area contributed by atoms with Crippen LogP contribution in [0.5, 0.6) is 0 Å². The number of rotatable bonds is 5. The van der Waals surface area contributed by atoms with Gasteiger partial charge in [0.2, 0.25) is 5.89 Å². The van der Waals surface area contributed by atoms with Crippen LogP contribution in [0.2, 0.25) is 0 Å². The van der Waals surface area contributed by atoms with E-state index in [1.165, 1.54) is 11.8 Å². The van der Waals surface area contributed by atoms with Gasteiger partial charge in [-0.3, -0.25) is 0 Å². The van der Waals surface area contributed by atoms with Crippen LogP contribution < -0.4 is 0 Å². The van der Waals surface area contributed by atoms with Gasteiger partial charge in [-0.1, -0.05) is 30.8 Å². The van der Waals surface area contributed by atoms with Gasteiger partial charge in [0.1, 0.15) is 0 Å². The van der Waals surface area contributed by atoms with Crippen LogP contribution in [-0.2, 0) is 12.2 Å². The van der Waals surface area contributed by atoms with Crippen molar-refractivity contribution >= 4 is 39.0 Å². The van der Waals surface area contributed by atoms with Crippen molar-refractivity contribution in [2.24, 2.45) is 0 Å². The largest absolute Gasteiger partial charge is 0.411 e. The molecule has 3 rings (SSSR count). The Morgan fingerprint density at radius 2 is 2.14 bits per heavy atom. The molecule has 0 N–H and O–H groups in total. The Hall–Kier alpha value is -1.18. The highest BCUT2D eigenvalue weighted by Gasteiger charge is 2.12. The minimum absolute atomic E-state index is 0.525. The fourth-order valence-corrected chi connectivity index (χ4v) is 3.69. The Morgan fingerprint density at radius 1 is 1.29 bits per heavy atom. The Labute approximate surface area is 139 Å². The molecule has 2 aromatic heterocycles. The van der Waals surface area contributed by atoms with Gasteiger partial charge in [0.15, 0.2) is 0 Å². The van der Waals surface area contributed by atoms with Crippen molar-refractivity contribution in [1.82, 2.24) is 15.2 Å². The molecule has 0 saturated heterocycles. The molecule has 108 valence electrons. The van der Waals surface area contributed by atoms with Gasteiger partial charge in [-0.2, -0.15) is 0 Å². The second-order valence-corrected chi connectivity index (χ2v) is 6.95. The van der Waals surface area contributed by atoms with Crippen LogP contribution in [-0.4, -0.2) is 15.2 Å². The number of halogens is 1. The van der Waals surface area contributed by atoms with E-state index in [0.29, 0.717) is 11.1 Å². The molecule has 2 heterocycles. The van der Waals surface area contributed by atoms with Crippen LogP contribution in [0.25, 0.3) is 11.5 Å². The first-order valence-electron chi connectivity index (χ1n) is 6.40. The Morgan fingerprint density at radius 3 is 2.90 bits per heavy atom. The summed E-state index contributed by atoms with van der Waals surface area (Å²) in [5, 5.41) is 12.0. The Bertz CT molecular complexity index is 741. The number of hydrogen-bond acceptors (Lipinski definition) is 6. The first kappa shape index (κ1) is 14.7. The molecule has 7 heteroatoms. The predicted octanol–water partition coefficient (Wildman–Crippen LogP) is 4.81. The van der Waals surface area contributed by atoms with E-state index in [4.69, 9.17) is 4.42 Å². The third kappa shape index (κ3) is 3.53. The average molecular weight is 382 g/mol. The number of benzene rings is 1. The minimum atomic E-state index is 0.525. The third-order valence-corrected chi connectivity index (χ3v) is 5.34. The molecule has 3 aromatic rings. The van der Waals surface area contributed by atoms with E-state index < -0.39 is 0 Å². The van der Waals surface area contributed by atoms with Crippen LogP contribution in [0, 0.1) is 0 Å². The van der Waals surface area contributed by atoms with Crippen molar-refractivity contribution in [3.63, 3.8) is 0 Å². The summed E-state index contributed by atoms with van der Waals surface area (Å²) in [7, 11) is 0. The van der Waals surface area contributed by atoms with Crippen LogP contribution in [0.1, 0.15) is 17.6 Å². The molecule has 1 aromatic carbocycles. The molecule has 21 heavy (non-hydrogen) atoms. The summed E-state index contributed by atoms with van der Waals surface area (Å²) < 4.78 is 6.63. The monoisotopic (exact) mass is 381 g/mol. The first-order valence-corrected chi connectivity index (χ1v) is 9.06. The predicted molar refractivity (Wildman–Crippen MR) is 88.5 cm³/mol. The highest BCUT2D eigenvalue weighted by Crippen LogP contribution is 2.30. The maximum Gasteiger partial charge on any atom is 0.277 e. The van der Waals surface area contributed by atoms with E-state index in [9.17, 15) is 0 Å². The number of thioether (sulfide) groups is 1. The Balaban J connectivity index is 1.69. The van der Waals surface area contributed by atoms with Crippen LogP contribution in [0.3, 0.4) is 0 Å². The average Bonchev–Trinajstić information content (AvgIpc) is 3.14. The van der Waals surface area contributed by atoms with E-state index in [2.05, 4.69) is 43.4 Å². The molecule has 0 aliphatic rings. The molecule has 0 amide bonds. The molecular weight excluding hydrogens is 370 g/mol. The number of nitrogens with zero attached hydrogens (tertiary/aromatic N) is 3. The van der Waals surface area contributed by atoms with E-state index in [1.54, 1.807) is 11.3 Å². The molecular formula is C14H12BrN3OS2. The second-order valence-electron chi connectivity index (χ2n) is 4.23. The zero-order chi connectivity index (χ0) is 14.7. The summed E-state index contributed by atoms with van der Waals surface area (Å²) in [6, 6.07) is 7.79. The van der Waals surface area contributed by atoms with E-state index in [-0.39, 0.29) is 0 Å². The molecule has 0 saturated carbocycles. The fraction of sp³-hybridized carbons (Fsp3) is 0.214. The lowest BCUT2D eigenvalue weighted by atomic mass is 10.2. The molecule has 0 bridgehead atoms. The summed E-state index contributed by atoms with van der Waals surface area (Å²) >= 11 is 6.68. The molecule has 4 nitrogen and oxygen atoms in total. The van der Waals surface area contributed by atoms with E-state index >= 15 is 0 Å². The molecule has 0 atom stereocenters. The van der Waals surface area contributed by atoms with Crippen molar-refractivity contribution in [2.45, 2.75) is 24.3 Å². The maximum atomic E-state index is 5.69. The zero-order valence-corrected chi connectivity index (χ0v) is 14.5. The Kier molecular flexibility index (Phi) is 4.72. The van der Waals surface area contributed by atoms with Crippen LogP contribution in [0.15, 0.2) is 43.8 Å². The first-order chi connectivity index (χ1) is 10.3. The number of aromatic nitrogens is 3. The van der Waals surface area contributed by atoms with Gasteiger partial charge >= 0.3 is 0 Å². The van der Waals surface area contributed by atoms with Crippen LogP contribution >= 0.6 is 39.0 Å². The highest BCUT2D eigenvalue weighted by atomic mass is 79.9.